The van der Waals surface area contributed by atoms with Gasteiger partial charge in [-0.25, -0.2) is 4.98 Å². The number of anilines is 1. The van der Waals surface area contributed by atoms with Gasteiger partial charge in [-0.1, -0.05) is 6.07 Å². The molecule has 0 aliphatic carbocycles. The van der Waals surface area contributed by atoms with Crippen molar-refractivity contribution >= 4 is 17.7 Å². The highest BCUT2D eigenvalue weighted by atomic mass is 16.5. The number of hydrogen-bond donors (Lipinski definition) is 0. The van der Waals surface area contributed by atoms with E-state index in [1.807, 2.05) is 6.07 Å². The molecule has 0 spiro atoms. The predicted octanol–water partition coefficient (Wildman–Crippen LogP) is 0.998. The van der Waals surface area contributed by atoms with Crippen molar-refractivity contribution in [1.29, 1.82) is 0 Å². The smallest absolute Gasteiger partial charge is 0.306 e. The first kappa shape index (κ1) is 11.6. The fourth-order valence-electron chi connectivity index (χ4n) is 1.95. The molecule has 0 saturated carbocycles. The van der Waals surface area contributed by atoms with Gasteiger partial charge in [-0.3, -0.25) is 14.5 Å². The first-order chi connectivity index (χ1) is 8.22. The third kappa shape index (κ3) is 2.43. The van der Waals surface area contributed by atoms with Crippen LogP contribution in [0.3, 0.4) is 0 Å². The summed E-state index contributed by atoms with van der Waals surface area (Å²) in [6.45, 7) is 0.609. The van der Waals surface area contributed by atoms with Gasteiger partial charge in [0, 0.05) is 12.7 Å². The minimum atomic E-state index is -0.341. The summed E-state index contributed by atoms with van der Waals surface area (Å²) in [7, 11) is 1.33. The number of amides is 1. The van der Waals surface area contributed by atoms with Crippen LogP contribution in [-0.2, 0) is 14.3 Å². The number of pyridine rings is 1. The van der Waals surface area contributed by atoms with Gasteiger partial charge in [0.2, 0.25) is 5.91 Å². The van der Waals surface area contributed by atoms with Crippen molar-refractivity contribution in [3.05, 3.63) is 24.4 Å². The van der Waals surface area contributed by atoms with Gasteiger partial charge in [0.05, 0.1) is 19.4 Å². The summed E-state index contributed by atoms with van der Waals surface area (Å²) in [5, 5.41) is 0. The Morgan fingerprint density at radius 2 is 2.41 bits per heavy atom. The van der Waals surface area contributed by atoms with Crippen molar-refractivity contribution in [2.45, 2.75) is 12.8 Å². The Morgan fingerprint density at radius 1 is 1.59 bits per heavy atom. The number of esters is 1. The van der Waals surface area contributed by atoms with Gasteiger partial charge >= 0.3 is 5.97 Å². The monoisotopic (exact) mass is 234 g/mol. The van der Waals surface area contributed by atoms with Crippen LogP contribution in [0.25, 0.3) is 0 Å². The molecule has 1 amide bonds. The molecule has 1 unspecified atom stereocenters. The summed E-state index contributed by atoms with van der Waals surface area (Å²) in [6.07, 6.45) is 2.47. The summed E-state index contributed by atoms with van der Waals surface area (Å²) >= 11 is 0. The highest BCUT2D eigenvalue weighted by molar-refractivity contribution is 5.98. The maximum absolute atomic E-state index is 12.0. The molecule has 5 heteroatoms. The zero-order valence-corrected chi connectivity index (χ0v) is 9.63. The zero-order chi connectivity index (χ0) is 12.3. The zero-order valence-electron chi connectivity index (χ0n) is 9.63. The Bertz CT molecular complexity index is 419. The van der Waals surface area contributed by atoms with E-state index in [2.05, 4.69) is 9.72 Å². The standard InChI is InChI=1S/C12H14N2O3/c1-17-11(15)8-9-5-7-14(12(9)16)10-4-2-3-6-13-10/h2-4,6,9H,5,7-8H2,1H3. The van der Waals surface area contributed by atoms with Crippen molar-refractivity contribution in [3.8, 4) is 0 Å². The highest BCUT2D eigenvalue weighted by Gasteiger charge is 2.34. The number of rotatable bonds is 3. The third-order valence-electron chi connectivity index (χ3n) is 2.88. The molecule has 1 fully saturated rings. The lowest BCUT2D eigenvalue weighted by Crippen LogP contribution is -2.28. The SMILES string of the molecule is COC(=O)CC1CCN(c2ccccn2)C1=O. The van der Waals surface area contributed by atoms with Crippen molar-refractivity contribution < 1.29 is 14.3 Å². The van der Waals surface area contributed by atoms with E-state index in [4.69, 9.17) is 0 Å². The molecular formula is C12H14N2O3. The molecule has 1 aliphatic heterocycles. The van der Waals surface area contributed by atoms with Crippen LogP contribution in [0.1, 0.15) is 12.8 Å². The number of ether oxygens (including phenoxy) is 1. The average molecular weight is 234 g/mol. The molecule has 90 valence electrons. The number of carbonyl (C=O) groups excluding carboxylic acids is 2. The van der Waals surface area contributed by atoms with Gasteiger partial charge in [0.15, 0.2) is 0 Å². The van der Waals surface area contributed by atoms with Gasteiger partial charge < -0.3 is 4.74 Å². The lowest BCUT2D eigenvalue weighted by molar-refractivity contribution is -0.143. The molecule has 1 atom stereocenters. The van der Waals surface area contributed by atoms with E-state index in [1.54, 1.807) is 23.2 Å². The number of methoxy groups -OCH3 is 1. The summed E-state index contributed by atoms with van der Waals surface area (Å²) in [4.78, 5) is 28.9. The fourth-order valence-corrected chi connectivity index (χ4v) is 1.95. The first-order valence-electron chi connectivity index (χ1n) is 5.51. The lowest BCUT2D eigenvalue weighted by atomic mass is 10.0. The molecule has 0 bridgehead atoms. The molecular weight excluding hydrogens is 220 g/mol. The van der Waals surface area contributed by atoms with Crippen LogP contribution in [0.2, 0.25) is 0 Å². The Hall–Kier alpha value is -1.91. The van der Waals surface area contributed by atoms with E-state index in [0.29, 0.717) is 18.8 Å². The minimum absolute atomic E-state index is 0.0471. The van der Waals surface area contributed by atoms with Crippen LogP contribution in [0.15, 0.2) is 24.4 Å². The van der Waals surface area contributed by atoms with Gasteiger partial charge in [0.25, 0.3) is 0 Å². The van der Waals surface area contributed by atoms with Gasteiger partial charge in [-0.05, 0) is 18.6 Å². The predicted molar refractivity (Wildman–Crippen MR) is 61.3 cm³/mol. The van der Waals surface area contributed by atoms with E-state index >= 15 is 0 Å². The second-order valence-corrected chi connectivity index (χ2v) is 3.94. The summed E-state index contributed by atoms with van der Waals surface area (Å²) in [6, 6.07) is 5.43. The maximum atomic E-state index is 12.0. The molecule has 1 saturated heterocycles. The van der Waals surface area contributed by atoms with E-state index in [0.717, 1.165) is 0 Å². The first-order valence-corrected chi connectivity index (χ1v) is 5.51. The average Bonchev–Trinajstić information content (AvgIpc) is 2.72. The van der Waals surface area contributed by atoms with Gasteiger partial charge in [-0.15, -0.1) is 0 Å². The van der Waals surface area contributed by atoms with Crippen LogP contribution in [0.5, 0.6) is 0 Å². The Balaban J connectivity index is 2.05. The molecule has 2 heterocycles. The number of aromatic nitrogens is 1. The van der Waals surface area contributed by atoms with E-state index < -0.39 is 0 Å². The summed E-state index contributed by atoms with van der Waals surface area (Å²) < 4.78 is 4.58. The summed E-state index contributed by atoms with van der Waals surface area (Å²) in [5.41, 5.74) is 0. The maximum Gasteiger partial charge on any atom is 0.306 e. The molecule has 1 aromatic rings. The van der Waals surface area contributed by atoms with Crippen molar-refractivity contribution in [3.63, 3.8) is 0 Å². The molecule has 17 heavy (non-hydrogen) atoms. The van der Waals surface area contributed by atoms with Crippen molar-refractivity contribution in [2.24, 2.45) is 5.92 Å². The van der Waals surface area contributed by atoms with Gasteiger partial charge in [0.1, 0.15) is 5.82 Å². The molecule has 0 aromatic carbocycles. The molecule has 0 N–H and O–H groups in total. The second-order valence-electron chi connectivity index (χ2n) is 3.94. The van der Waals surface area contributed by atoms with E-state index in [1.165, 1.54) is 7.11 Å². The second kappa shape index (κ2) is 4.95. The quantitative estimate of drug-likeness (QED) is 0.732. The molecule has 1 aromatic heterocycles. The molecule has 5 nitrogen and oxygen atoms in total. The van der Waals surface area contributed by atoms with Crippen molar-refractivity contribution in [1.82, 2.24) is 4.98 Å². The number of hydrogen-bond acceptors (Lipinski definition) is 4. The Labute approximate surface area is 99.4 Å². The molecule has 2 rings (SSSR count). The number of nitrogens with zero attached hydrogens (tertiary/aromatic N) is 2. The van der Waals surface area contributed by atoms with Crippen LogP contribution in [-0.4, -0.2) is 30.5 Å². The van der Waals surface area contributed by atoms with Crippen LogP contribution in [0.4, 0.5) is 5.82 Å². The highest BCUT2D eigenvalue weighted by Crippen LogP contribution is 2.25. The molecule has 0 radical (unpaired) electrons. The lowest BCUT2D eigenvalue weighted by Gasteiger charge is -2.14. The van der Waals surface area contributed by atoms with E-state index in [-0.39, 0.29) is 24.2 Å². The Morgan fingerprint density at radius 3 is 3.06 bits per heavy atom. The van der Waals surface area contributed by atoms with Gasteiger partial charge in [-0.2, -0.15) is 0 Å². The topological polar surface area (TPSA) is 59.5 Å². The van der Waals surface area contributed by atoms with Crippen LogP contribution < -0.4 is 4.90 Å². The Kier molecular flexibility index (Phi) is 3.37. The minimum Gasteiger partial charge on any atom is -0.469 e. The summed E-state index contributed by atoms with van der Waals surface area (Å²) in [5.74, 6) is -0.0188. The normalized spacial score (nSPS) is 19.5. The van der Waals surface area contributed by atoms with Crippen LogP contribution in [0, 0.1) is 5.92 Å². The number of carbonyl (C=O) groups is 2. The van der Waals surface area contributed by atoms with E-state index in [9.17, 15) is 9.59 Å². The largest absolute Gasteiger partial charge is 0.469 e. The fraction of sp³-hybridized carbons (Fsp3) is 0.417. The molecule has 1 aliphatic rings. The van der Waals surface area contributed by atoms with Crippen molar-refractivity contribution in [2.75, 3.05) is 18.6 Å². The van der Waals surface area contributed by atoms with Crippen LogP contribution >= 0.6 is 0 Å². The third-order valence-corrected chi connectivity index (χ3v) is 2.88.